The molecule has 1 heterocycles. The van der Waals surface area contributed by atoms with Crippen molar-refractivity contribution in [3.8, 4) is 0 Å². The lowest BCUT2D eigenvalue weighted by molar-refractivity contribution is 0.364. The molecule has 0 saturated carbocycles. The summed E-state index contributed by atoms with van der Waals surface area (Å²) in [5.74, 6) is 0.128. The maximum absolute atomic E-state index is 12.5. The Kier molecular flexibility index (Phi) is 3.49. The summed E-state index contributed by atoms with van der Waals surface area (Å²) in [5, 5.41) is 0.293. The first-order valence-electron chi connectivity index (χ1n) is 5.63. The minimum Gasteiger partial charge on any atom is -0.322 e. The van der Waals surface area contributed by atoms with Crippen LogP contribution in [0.2, 0.25) is 0 Å². The number of rotatable bonds is 4. The second-order valence-electron chi connectivity index (χ2n) is 4.34. The third-order valence-corrected chi connectivity index (χ3v) is 4.71. The summed E-state index contributed by atoms with van der Waals surface area (Å²) in [6, 6.07) is 2.52. The molecule has 22 heavy (non-hydrogen) atoms. The number of aromatic nitrogens is 2. The summed E-state index contributed by atoms with van der Waals surface area (Å²) in [7, 11) is -9.66. The van der Waals surface area contributed by atoms with Crippen molar-refractivity contribution in [3.63, 3.8) is 0 Å². The topological polar surface area (TPSA) is 65.7 Å². The average Bonchev–Trinajstić information content (AvgIpc) is 2.38. The van der Waals surface area contributed by atoms with Gasteiger partial charge >= 0.3 is 21.3 Å². The maximum Gasteiger partial charge on any atom is 0.314 e. The van der Waals surface area contributed by atoms with E-state index in [2.05, 4.69) is 9.97 Å². The summed E-state index contributed by atoms with van der Waals surface area (Å²) in [6.45, 7) is 0. The van der Waals surface area contributed by atoms with E-state index < -0.39 is 26.2 Å². The lowest BCUT2D eigenvalue weighted by atomic mass is 10.2. The molecule has 2 aromatic rings. The van der Waals surface area contributed by atoms with Crippen LogP contribution in [0.4, 0.5) is 19.4 Å². The molecular formula is C11H9F5N2O2S2. The highest BCUT2D eigenvalue weighted by atomic mass is 32.5. The Morgan fingerprint density at radius 1 is 0.955 bits per heavy atom. The number of hydrogen-bond donors (Lipinski definition) is 2. The Balaban J connectivity index is 2.14. The highest BCUT2D eigenvalue weighted by Gasteiger charge is 2.65. The zero-order valence-electron chi connectivity index (χ0n) is 10.6. The van der Waals surface area contributed by atoms with Crippen LogP contribution in [0.25, 0.3) is 0 Å². The molecule has 2 N–H and O–H groups in total. The summed E-state index contributed by atoms with van der Waals surface area (Å²) >= 11 is 1.02. The van der Waals surface area contributed by atoms with Crippen molar-refractivity contribution in [2.45, 2.75) is 15.7 Å². The minimum atomic E-state index is -9.66. The first kappa shape index (κ1) is 16.6. The Bertz CT molecular complexity index is 812. The fourth-order valence-corrected chi connectivity index (χ4v) is 2.96. The predicted octanol–water partition coefficient (Wildman–Crippen LogP) is 4.01. The van der Waals surface area contributed by atoms with Crippen molar-refractivity contribution in [2.24, 2.45) is 0 Å². The number of thioether (sulfide) groups is 1. The van der Waals surface area contributed by atoms with Gasteiger partial charge in [0.25, 0.3) is 0 Å². The van der Waals surface area contributed by atoms with Crippen molar-refractivity contribution in [2.75, 3.05) is 0 Å². The molecule has 0 spiro atoms. The maximum atomic E-state index is 12.5. The van der Waals surface area contributed by atoms with Crippen LogP contribution in [-0.2, 0) is 5.75 Å². The van der Waals surface area contributed by atoms with Gasteiger partial charge in [0.15, 0.2) is 0 Å². The van der Waals surface area contributed by atoms with E-state index in [0.29, 0.717) is 22.7 Å². The zero-order chi connectivity index (χ0) is 16.7. The van der Waals surface area contributed by atoms with E-state index >= 15 is 0 Å². The van der Waals surface area contributed by atoms with Crippen molar-refractivity contribution >= 4 is 22.0 Å². The van der Waals surface area contributed by atoms with Crippen LogP contribution >= 0.6 is 22.0 Å². The van der Waals surface area contributed by atoms with E-state index in [1.807, 2.05) is 0 Å². The van der Waals surface area contributed by atoms with Crippen LogP contribution in [0.1, 0.15) is 5.56 Å². The van der Waals surface area contributed by atoms with Gasteiger partial charge in [0, 0.05) is 11.9 Å². The molecule has 0 radical (unpaired) electrons. The van der Waals surface area contributed by atoms with E-state index in [0.717, 1.165) is 23.9 Å². The SMILES string of the molecule is O=c1[nH]cc(SCc2ccc(S(F)(F)(F)(F)F)cc2)[nH]c1=O. The Morgan fingerprint density at radius 3 is 2.05 bits per heavy atom. The molecule has 2 rings (SSSR count). The van der Waals surface area contributed by atoms with Gasteiger partial charge in [-0.15, -0.1) is 11.8 Å². The number of nitrogens with one attached hydrogen (secondary N) is 2. The molecule has 122 valence electrons. The number of halogens is 5. The molecule has 0 fully saturated rings. The third-order valence-electron chi connectivity index (χ3n) is 2.54. The molecule has 0 unspecified atom stereocenters. The van der Waals surface area contributed by atoms with Gasteiger partial charge in [-0.2, -0.15) is 0 Å². The second kappa shape index (κ2) is 4.62. The molecule has 1 aromatic carbocycles. The molecule has 0 bridgehead atoms. The molecule has 0 atom stereocenters. The summed E-state index contributed by atoms with van der Waals surface area (Å²) in [4.78, 5) is 24.4. The van der Waals surface area contributed by atoms with E-state index in [-0.39, 0.29) is 5.75 Å². The fourth-order valence-electron chi connectivity index (χ4n) is 1.48. The summed E-state index contributed by atoms with van der Waals surface area (Å²) in [6.07, 6.45) is 1.23. The Morgan fingerprint density at radius 2 is 1.55 bits per heavy atom. The van der Waals surface area contributed by atoms with E-state index in [4.69, 9.17) is 0 Å². The smallest absolute Gasteiger partial charge is 0.314 e. The Labute approximate surface area is 124 Å². The molecule has 1 aromatic heterocycles. The minimum absolute atomic E-state index is 0.128. The number of H-pyrrole nitrogens is 2. The number of benzene rings is 1. The fraction of sp³-hybridized carbons (Fsp3) is 0.0909. The monoisotopic (exact) mass is 360 g/mol. The Hall–Kier alpha value is -1.75. The van der Waals surface area contributed by atoms with Crippen molar-refractivity contribution in [3.05, 3.63) is 56.7 Å². The largest absolute Gasteiger partial charge is 0.322 e. The van der Waals surface area contributed by atoms with E-state index in [1.54, 1.807) is 0 Å². The standard InChI is InChI=1S/C11H9F5N2O2S2/c12-22(13,14,15,16)8-3-1-7(2-4-8)6-21-9-5-17-10(19)11(20)18-9/h1-5H,6H2,(H,17,19)(H,18,20). The van der Waals surface area contributed by atoms with Crippen LogP contribution in [0, 0.1) is 0 Å². The average molecular weight is 360 g/mol. The predicted molar refractivity (Wildman–Crippen MR) is 75.1 cm³/mol. The highest BCUT2D eigenvalue weighted by Crippen LogP contribution is 3.02. The van der Waals surface area contributed by atoms with Gasteiger partial charge in [-0.25, -0.2) is 0 Å². The molecule has 0 aliphatic carbocycles. The van der Waals surface area contributed by atoms with E-state index in [9.17, 15) is 29.0 Å². The van der Waals surface area contributed by atoms with Crippen LogP contribution in [-0.4, -0.2) is 9.97 Å². The first-order valence-corrected chi connectivity index (χ1v) is 8.57. The van der Waals surface area contributed by atoms with Crippen molar-refractivity contribution in [1.29, 1.82) is 0 Å². The van der Waals surface area contributed by atoms with E-state index in [1.165, 1.54) is 6.20 Å². The van der Waals surface area contributed by atoms with Crippen molar-refractivity contribution < 1.29 is 19.4 Å². The summed E-state index contributed by atoms with van der Waals surface area (Å²) < 4.78 is 62.7. The first-order chi connectivity index (χ1) is 9.85. The quantitative estimate of drug-likeness (QED) is 0.492. The molecule has 0 aliphatic rings. The van der Waals surface area contributed by atoms with Crippen LogP contribution in [0.15, 0.2) is 50.0 Å². The molecule has 0 aliphatic heterocycles. The van der Waals surface area contributed by atoms with Crippen LogP contribution in [0.5, 0.6) is 0 Å². The molecule has 4 nitrogen and oxygen atoms in total. The van der Waals surface area contributed by atoms with Gasteiger partial charge in [0.2, 0.25) is 0 Å². The van der Waals surface area contributed by atoms with Gasteiger partial charge in [-0.3, -0.25) is 9.59 Å². The molecular weight excluding hydrogens is 351 g/mol. The van der Waals surface area contributed by atoms with Gasteiger partial charge in [0.05, 0.1) is 5.03 Å². The molecule has 11 heteroatoms. The van der Waals surface area contributed by atoms with Gasteiger partial charge < -0.3 is 9.97 Å². The summed E-state index contributed by atoms with van der Waals surface area (Å²) in [5.41, 5.74) is -1.34. The van der Waals surface area contributed by atoms with Crippen LogP contribution in [0.3, 0.4) is 0 Å². The zero-order valence-corrected chi connectivity index (χ0v) is 12.2. The van der Waals surface area contributed by atoms with Crippen molar-refractivity contribution in [1.82, 2.24) is 9.97 Å². The number of aromatic amines is 2. The second-order valence-corrected chi connectivity index (χ2v) is 7.76. The third kappa shape index (κ3) is 4.13. The number of hydrogen-bond acceptors (Lipinski definition) is 3. The lowest BCUT2D eigenvalue weighted by Gasteiger charge is -2.40. The van der Waals surface area contributed by atoms with Gasteiger partial charge in [0.1, 0.15) is 4.90 Å². The normalized spacial score (nSPS) is 15.1. The molecule has 0 amide bonds. The van der Waals surface area contributed by atoms with Gasteiger partial charge in [-0.05, 0) is 17.7 Å². The highest BCUT2D eigenvalue weighted by molar-refractivity contribution is 8.45. The van der Waals surface area contributed by atoms with Crippen LogP contribution < -0.4 is 11.1 Å². The lowest BCUT2D eigenvalue weighted by Crippen LogP contribution is -2.28. The van der Waals surface area contributed by atoms with Gasteiger partial charge in [-0.1, -0.05) is 31.6 Å². The molecule has 0 saturated heterocycles.